The Morgan fingerprint density at radius 3 is 2.55 bits per heavy atom. The van der Waals surface area contributed by atoms with Crippen LogP contribution in [0.1, 0.15) is 48.4 Å². The normalized spacial score (nSPS) is 21.4. The van der Waals surface area contributed by atoms with E-state index in [9.17, 15) is 4.39 Å². The van der Waals surface area contributed by atoms with Gasteiger partial charge in [0.05, 0.1) is 6.04 Å². The molecule has 0 radical (unpaired) electrons. The van der Waals surface area contributed by atoms with E-state index in [4.69, 9.17) is 0 Å². The van der Waals surface area contributed by atoms with Gasteiger partial charge >= 0.3 is 0 Å². The highest BCUT2D eigenvalue weighted by Gasteiger charge is 2.24. The molecule has 2 aromatic carbocycles. The van der Waals surface area contributed by atoms with Crippen LogP contribution in [0.2, 0.25) is 0 Å². The molecule has 1 aliphatic carbocycles. The van der Waals surface area contributed by atoms with E-state index in [0.29, 0.717) is 11.5 Å². The maximum Gasteiger partial charge on any atom is 0.128 e. The second-order valence-corrected chi connectivity index (χ2v) is 5.72. The molecule has 20 heavy (non-hydrogen) atoms. The van der Waals surface area contributed by atoms with E-state index < -0.39 is 0 Å². The quantitative estimate of drug-likeness (QED) is 0.791. The van der Waals surface area contributed by atoms with Crippen LogP contribution in [0.5, 0.6) is 0 Å². The molecule has 0 aromatic heterocycles. The van der Waals surface area contributed by atoms with Crippen molar-refractivity contribution in [3.63, 3.8) is 0 Å². The summed E-state index contributed by atoms with van der Waals surface area (Å²) < 4.78 is 13.7. The van der Waals surface area contributed by atoms with Gasteiger partial charge in [-0.2, -0.15) is 0 Å². The first-order valence-electron chi connectivity index (χ1n) is 7.27. The Bertz CT molecular complexity index is 621. The van der Waals surface area contributed by atoms with Crippen molar-refractivity contribution in [2.75, 3.05) is 5.32 Å². The zero-order valence-electron chi connectivity index (χ0n) is 12.0. The Morgan fingerprint density at radius 2 is 1.75 bits per heavy atom. The molecule has 1 nitrogen and oxygen atoms in total. The van der Waals surface area contributed by atoms with Gasteiger partial charge in [-0.3, -0.25) is 0 Å². The minimum atomic E-state index is -0.146. The summed E-state index contributed by atoms with van der Waals surface area (Å²) in [5.74, 6) is 0.463. The van der Waals surface area contributed by atoms with Gasteiger partial charge in [0.25, 0.3) is 0 Å². The summed E-state index contributed by atoms with van der Waals surface area (Å²) in [5, 5.41) is 3.53. The number of halogens is 1. The van der Waals surface area contributed by atoms with Crippen molar-refractivity contribution in [1.82, 2.24) is 0 Å². The highest BCUT2D eigenvalue weighted by atomic mass is 19.1. The number of hydrogen-bond donors (Lipinski definition) is 1. The number of anilines is 1. The first-order chi connectivity index (χ1) is 9.66. The lowest BCUT2D eigenvalue weighted by atomic mass is 9.81. The second kappa shape index (κ2) is 5.28. The van der Waals surface area contributed by atoms with Crippen molar-refractivity contribution >= 4 is 5.69 Å². The fourth-order valence-corrected chi connectivity index (χ4v) is 3.11. The molecule has 0 saturated carbocycles. The third kappa shape index (κ3) is 2.31. The standard InChI is InChI=1S/C18H20FN/c1-12-10-11-18(15-7-4-3-6-14(12)15)20-17-9-5-8-16(19)13(17)2/h3-9,12,18,20H,10-11H2,1-2H3. The smallest absolute Gasteiger partial charge is 0.128 e. The molecule has 2 unspecified atom stereocenters. The summed E-state index contributed by atoms with van der Waals surface area (Å²) in [6, 6.07) is 14.1. The van der Waals surface area contributed by atoms with Crippen LogP contribution < -0.4 is 5.32 Å². The average molecular weight is 269 g/mol. The summed E-state index contributed by atoms with van der Waals surface area (Å²) in [7, 11) is 0. The van der Waals surface area contributed by atoms with E-state index in [2.05, 4.69) is 36.5 Å². The van der Waals surface area contributed by atoms with Crippen molar-refractivity contribution < 1.29 is 4.39 Å². The van der Waals surface area contributed by atoms with E-state index in [1.807, 2.05) is 13.0 Å². The van der Waals surface area contributed by atoms with Crippen LogP contribution in [-0.4, -0.2) is 0 Å². The lowest BCUT2D eigenvalue weighted by molar-refractivity contribution is 0.534. The molecule has 3 rings (SSSR count). The van der Waals surface area contributed by atoms with Crippen LogP contribution in [0.4, 0.5) is 10.1 Å². The predicted molar refractivity (Wildman–Crippen MR) is 81.6 cm³/mol. The number of fused-ring (bicyclic) bond motifs is 1. The van der Waals surface area contributed by atoms with Gasteiger partial charge in [0.2, 0.25) is 0 Å². The van der Waals surface area contributed by atoms with Crippen molar-refractivity contribution in [3.05, 3.63) is 65.0 Å². The summed E-state index contributed by atoms with van der Waals surface area (Å²) in [4.78, 5) is 0. The first kappa shape index (κ1) is 13.2. The Balaban J connectivity index is 1.93. The first-order valence-corrected chi connectivity index (χ1v) is 7.27. The van der Waals surface area contributed by atoms with Crippen LogP contribution >= 0.6 is 0 Å². The van der Waals surface area contributed by atoms with Gasteiger partial charge in [-0.25, -0.2) is 4.39 Å². The molecule has 0 aliphatic heterocycles. The number of rotatable bonds is 2. The fourth-order valence-electron chi connectivity index (χ4n) is 3.11. The lowest BCUT2D eigenvalue weighted by Crippen LogP contribution is -2.19. The van der Waals surface area contributed by atoms with Crippen LogP contribution in [-0.2, 0) is 0 Å². The predicted octanol–water partition coefficient (Wildman–Crippen LogP) is 5.18. The van der Waals surface area contributed by atoms with Crippen LogP contribution in [0, 0.1) is 12.7 Å². The summed E-state index contributed by atoms with van der Waals surface area (Å²) in [5.41, 5.74) is 4.38. The Hall–Kier alpha value is -1.83. The number of hydrogen-bond acceptors (Lipinski definition) is 1. The Labute approximate surface area is 119 Å². The van der Waals surface area contributed by atoms with E-state index in [-0.39, 0.29) is 11.9 Å². The summed E-state index contributed by atoms with van der Waals surface area (Å²) in [6.07, 6.45) is 2.26. The van der Waals surface area contributed by atoms with E-state index >= 15 is 0 Å². The van der Waals surface area contributed by atoms with Gasteiger partial charge in [-0.15, -0.1) is 0 Å². The maximum absolute atomic E-state index is 13.7. The van der Waals surface area contributed by atoms with Gasteiger partial charge in [0, 0.05) is 11.3 Å². The maximum atomic E-state index is 13.7. The Kier molecular flexibility index (Phi) is 3.47. The summed E-state index contributed by atoms with van der Waals surface area (Å²) in [6.45, 7) is 4.11. The third-order valence-electron chi connectivity index (χ3n) is 4.39. The Morgan fingerprint density at radius 1 is 1.00 bits per heavy atom. The molecule has 0 saturated heterocycles. The molecule has 1 aliphatic rings. The van der Waals surface area contributed by atoms with Gasteiger partial charge < -0.3 is 5.32 Å². The van der Waals surface area contributed by atoms with E-state index in [1.54, 1.807) is 6.07 Å². The molecule has 2 heteroatoms. The monoisotopic (exact) mass is 269 g/mol. The highest BCUT2D eigenvalue weighted by molar-refractivity contribution is 5.53. The number of nitrogens with one attached hydrogen (secondary N) is 1. The SMILES string of the molecule is Cc1c(F)cccc1NC1CCC(C)c2ccccc21. The zero-order valence-corrected chi connectivity index (χ0v) is 12.0. The molecule has 1 N–H and O–H groups in total. The summed E-state index contributed by atoms with van der Waals surface area (Å²) >= 11 is 0. The molecule has 2 aromatic rings. The molecule has 0 bridgehead atoms. The van der Waals surface area contributed by atoms with Crippen molar-refractivity contribution in [2.45, 2.75) is 38.6 Å². The van der Waals surface area contributed by atoms with Crippen LogP contribution in [0.3, 0.4) is 0 Å². The second-order valence-electron chi connectivity index (χ2n) is 5.72. The minimum absolute atomic E-state index is 0.146. The molecular formula is C18H20FN. The third-order valence-corrected chi connectivity index (χ3v) is 4.39. The number of benzene rings is 2. The molecule has 0 heterocycles. The van der Waals surface area contributed by atoms with Crippen LogP contribution in [0.25, 0.3) is 0 Å². The molecule has 0 amide bonds. The molecule has 0 fully saturated rings. The molecule has 2 atom stereocenters. The van der Waals surface area contributed by atoms with Crippen LogP contribution in [0.15, 0.2) is 42.5 Å². The highest BCUT2D eigenvalue weighted by Crippen LogP contribution is 2.39. The van der Waals surface area contributed by atoms with Gasteiger partial charge in [-0.05, 0) is 48.9 Å². The van der Waals surface area contributed by atoms with Gasteiger partial charge in [-0.1, -0.05) is 37.3 Å². The van der Waals surface area contributed by atoms with Gasteiger partial charge in [0.1, 0.15) is 5.82 Å². The molecule has 0 spiro atoms. The largest absolute Gasteiger partial charge is 0.378 e. The fraction of sp³-hybridized carbons (Fsp3) is 0.333. The van der Waals surface area contributed by atoms with Gasteiger partial charge in [0.15, 0.2) is 0 Å². The molecule has 104 valence electrons. The lowest BCUT2D eigenvalue weighted by Gasteiger charge is -2.31. The van der Waals surface area contributed by atoms with Crippen molar-refractivity contribution in [2.24, 2.45) is 0 Å². The van der Waals surface area contributed by atoms with Crippen molar-refractivity contribution in [1.29, 1.82) is 0 Å². The average Bonchev–Trinajstić information content (AvgIpc) is 2.47. The van der Waals surface area contributed by atoms with E-state index in [0.717, 1.165) is 12.1 Å². The zero-order chi connectivity index (χ0) is 14.1. The van der Waals surface area contributed by atoms with Crippen molar-refractivity contribution in [3.8, 4) is 0 Å². The minimum Gasteiger partial charge on any atom is -0.378 e. The van der Waals surface area contributed by atoms with E-state index in [1.165, 1.54) is 23.6 Å². The topological polar surface area (TPSA) is 12.0 Å². The molecular weight excluding hydrogens is 249 g/mol.